The van der Waals surface area contributed by atoms with E-state index < -0.39 is 38.3 Å². The maximum absolute atomic E-state index is 12.8. The van der Waals surface area contributed by atoms with Crippen molar-refractivity contribution in [3.05, 3.63) is 11.4 Å². The molecule has 1 N–H and O–H groups in total. The number of imidazole rings is 1. The van der Waals surface area contributed by atoms with Crippen LogP contribution in [0, 0.1) is 22.7 Å². The van der Waals surface area contributed by atoms with E-state index in [1.807, 2.05) is 0 Å². The first-order valence-corrected chi connectivity index (χ1v) is 5.37. The van der Waals surface area contributed by atoms with Crippen LogP contribution in [0.5, 0.6) is 0 Å². The minimum absolute atomic E-state index is 0. The van der Waals surface area contributed by atoms with Crippen LogP contribution in [0.25, 0.3) is 0 Å². The maximum Gasteiger partial charge on any atom is 1.00 e. The molecule has 0 spiro atoms. The van der Waals surface area contributed by atoms with E-state index in [1.165, 1.54) is 12.1 Å². The summed E-state index contributed by atoms with van der Waals surface area (Å²) in [4.78, 5) is 4.75. The van der Waals surface area contributed by atoms with Gasteiger partial charge in [0.15, 0.2) is 18.1 Å². The minimum Gasteiger partial charge on any atom is -1.00 e. The topological polar surface area (TPSA) is 110 Å². The number of aromatic nitrogens is 2. The molecule has 0 atom stereocenters. The van der Waals surface area contributed by atoms with Crippen molar-refractivity contribution in [1.29, 1.82) is 10.5 Å². The van der Waals surface area contributed by atoms with Gasteiger partial charge in [0.2, 0.25) is 5.16 Å². The van der Waals surface area contributed by atoms with E-state index in [1.54, 1.807) is 4.98 Å². The van der Waals surface area contributed by atoms with Gasteiger partial charge in [0, 0.05) is 0 Å². The molecule has 0 bridgehead atoms. The third-order valence-electron chi connectivity index (χ3n) is 1.70. The fourth-order valence-corrected chi connectivity index (χ4v) is 1.73. The standard InChI is InChI=1S/C7H3F3N4O2S.K.H/c8-3-7(9,10)17(15,16)6-13-4(1-11)5(2-12)14-6;;/h3H2,(H,13,14);;/q;+1;-1. The molecule has 0 saturated carbocycles. The second-order valence-electron chi connectivity index (χ2n) is 2.76. The molecule has 1 aromatic heterocycles. The van der Waals surface area contributed by atoms with E-state index in [4.69, 9.17) is 10.5 Å². The summed E-state index contributed by atoms with van der Waals surface area (Å²) in [5.41, 5.74) is -1.23. The Bertz CT molecular complexity index is 602. The number of nitrogens with zero attached hydrogens (tertiary/aromatic N) is 3. The molecule has 0 radical (unpaired) electrons. The summed E-state index contributed by atoms with van der Waals surface area (Å²) in [7, 11) is -5.39. The number of halogens is 3. The van der Waals surface area contributed by atoms with Crippen molar-refractivity contribution in [3.8, 4) is 12.1 Å². The number of sulfone groups is 1. The molecule has 11 heteroatoms. The van der Waals surface area contributed by atoms with Crippen LogP contribution in [0.3, 0.4) is 0 Å². The van der Waals surface area contributed by atoms with E-state index in [9.17, 15) is 21.6 Å². The number of alkyl halides is 3. The Hall–Kier alpha value is -0.434. The first-order chi connectivity index (χ1) is 7.80. The molecule has 0 fully saturated rings. The zero-order valence-corrected chi connectivity index (χ0v) is 12.8. The van der Waals surface area contributed by atoms with Crippen LogP contribution < -0.4 is 51.4 Å². The zero-order valence-electron chi connectivity index (χ0n) is 9.91. The first kappa shape index (κ1) is 17.6. The minimum atomic E-state index is -5.39. The van der Waals surface area contributed by atoms with Crippen LogP contribution in [0.15, 0.2) is 5.16 Å². The molecule has 18 heavy (non-hydrogen) atoms. The molecule has 0 aliphatic heterocycles. The molecule has 0 saturated heterocycles. The Morgan fingerprint density at radius 2 is 1.94 bits per heavy atom. The second-order valence-corrected chi connectivity index (χ2v) is 4.75. The summed E-state index contributed by atoms with van der Waals surface area (Å²) in [6.07, 6.45) is 0. The van der Waals surface area contributed by atoms with E-state index in [0.29, 0.717) is 0 Å². The molecule has 0 aliphatic carbocycles. The zero-order chi connectivity index (χ0) is 13.3. The predicted octanol–water partition coefficient (Wildman–Crippen LogP) is -2.39. The van der Waals surface area contributed by atoms with Gasteiger partial charge in [-0.1, -0.05) is 0 Å². The Morgan fingerprint density at radius 1 is 1.39 bits per heavy atom. The van der Waals surface area contributed by atoms with Gasteiger partial charge in [-0.15, -0.1) is 0 Å². The molecular weight excluding hydrogens is 300 g/mol. The van der Waals surface area contributed by atoms with E-state index in [2.05, 4.69) is 4.98 Å². The fourth-order valence-electron chi connectivity index (χ4n) is 0.854. The van der Waals surface area contributed by atoms with Gasteiger partial charge < -0.3 is 6.41 Å². The van der Waals surface area contributed by atoms with Crippen LogP contribution in [-0.2, 0) is 9.84 Å². The van der Waals surface area contributed by atoms with Gasteiger partial charge in [-0.3, -0.25) is 0 Å². The molecule has 1 aromatic rings. The summed E-state index contributed by atoms with van der Waals surface area (Å²) >= 11 is 0. The number of aromatic amines is 1. The number of nitriles is 2. The van der Waals surface area contributed by atoms with Gasteiger partial charge >= 0.3 is 56.6 Å². The van der Waals surface area contributed by atoms with Gasteiger partial charge in [-0.25, -0.2) is 17.8 Å². The van der Waals surface area contributed by atoms with Crippen LogP contribution >= 0.6 is 0 Å². The third kappa shape index (κ3) is 2.93. The predicted molar refractivity (Wildman–Crippen MR) is 47.2 cm³/mol. The Labute approximate surface area is 144 Å². The quantitative estimate of drug-likeness (QED) is 0.626. The molecule has 92 valence electrons. The largest absolute Gasteiger partial charge is 1.00 e. The van der Waals surface area contributed by atoms with Crippen LogP contribution in [0.2, 0.25) is 0 Å². The average Bonchev–Trinajstić information content (AvgIpc) is 2.72. The number of hydrogen-bond donors (Lipinski definition) is 1. The number of rotatable bonds is 3. The van der Waals surface area contributed by atoms with Crippen molar-refractivity contribution in [2.24, 2.45) is 0 Å². The number of H-pyrrole nitrogens is 1. The van der Waals surface area contributed by atoms with Crippen molar-refractivity contribution >= 4 is 9.84 Å². The fraction of sp³-hybridized carbons (Fsp3) is 0.286. The number of nitrogens with one attached hydrogen (secondary N) is 1. The number of hydrogen-bond acceptors (Lipinski definition) is 5. The van der Waals surface area contributed by atoms with Crippen molar-refractivity contribution in [1.82, 2.24) is 9.97 Å². The summed E-state index contributed by atoms with van der Waals surface area (Å²) in [6.45, 7) is -2.43. The van der Waals surface area contributed by atoms with E-state index in [0.717, 1.165) is 0 Å². The molecule has 1 rings (SSSR count). The molecule has 6 nitrogen and oxygen atoms in total. The van der Waals surface area contributed by atoms with Crippen LogP contribution in [0.1, 0.15) is 12.8 Å². The first-order valence-electron chi connectivity index (χ1n) is 3.88. The SMILES string of the molecule is N#Cc1nc(S(=O)(=O)C(F)(F)CF)[nH]c1C#N.[H-].[K+]. The van der Waals surface area contributed by atoms with Crippen molar-refractivity contribution in [2.45, 2.75) is 10.4 Å². The third-order valence-corrected chi connectivity index (χ3v) is 3.30. The summed E-state index contributed by atoms with van der Waals surface area (Å²) in [5, 5.41) is 10.9. The molecule has 0 aromatic carbocycles. The van der Waals surface area contributed by atoms with Gasteiger partial charge in [0.05, 0.1) is 0 Å². The van der Waals surface area contributed by atoms with Crippen LogP contribution in [0.4, 0.5) is 13.2 Å². The summed E-state index contributed by atoms with van der Waals surface area (Å²) in [6, 6.07) is 2.71. The smallest absolute Gasteiger partial charge is 1.00 e. The van der Waals surface area contributed by atoms with Gasteiger partial charge in [0.1, 0.15) is 12.1 Å². The molecule has 0 amide bonds. The van der Waals surface area contributed by atoms with Gasteiger partial charge in [-0.05, 0) is 0 Å². The van der Waals surface area contributed by atoms with Gasteiger partial charge in [0.25, 0.3) is 9.84 Å². The van der Waals surface area contributed by atoms with Crippen molar-refractivity contribution < 1.29 is 74.4 Å². The van der Waals surface area contributed by atoms with E-state index >= 15 is 0 Å². The summed E-state index contributed by atoms with van der Waals surface area (Å²) in [5.74, 6) is 0. The van der Waals surface area contributed by atoms with Crippen molar-refractivity contribution in [3.63, 3.8) is 0 Å². The Balaban J connectivity index is 0. The Kier molecular flexibility index (Phi) is 5.99. The maximum atomic E-state index is 12.8. The summed E-state index contributed by atoms with van der Waals surface area (Å²) < 4.78 is 59.8. The monoisotopic (exact) mass is 304 g/mol. The van der Waals surface area contributed by atoms with E-state index in [-0.39, 0.29) is 52.8 Å². The van der Waals surface area contributed by atoms with Gasteiger partial charge in [-0.2, -0.15) is 19.3 Å². The van der Waals surface area contributed by atoms with Crippen LogP contribution in [-0.4, -0.2) is 30.3 Å². The Morgan fingerprint density at radius 3 is 2.28 bits per heavy atom. The normalized spacial score (nSPS) is 11.2. The molecule has 0 unspecified atom stereocenters. The molecule has 1 heterocycles. The van der Waals surface area contributed by atoms with Crippen molar-refractivity contribution in [2.75, 3.05) is 6.67 Å². The second kappa shape index (κ2) is 6.14. The average molecular weight is 304 g/mol. The molecule has 0 aliphatic rings. The molecular formula is C7H4F3KN4O2S.